The molecule has 6 rings (SSSR count). The first-order chi connectivity index (χ1) is 22.7. The Morgan fingerprint density at radius 3 is 2.38 bits per heavy atom. The minimum Gasteiger partial charge on any atom is -0.480 e. The Kier molecular flexibility index (Phi) is 8.93. The summed E-state index contributed by atoms with van der Waals surface area (Å²) < 4.78 is 6.63. The van der Waals surface area contributed by atoms with E-state index >= 15 is 0 Å². The van der Waals surface area contributed by atoms with Gasteiger partial charge >= 0.3 is 6.09 Å². The lowest BCUT2D eigenvalue weighted by Crippen LogP contribution is -2.41. The van der Waals surface area contributed by atoms with Crippen LogP contribution < -0.4 is 15.6 Å². The summed E-state index contributed by atoms with van der Waals surface area (Å²) in [6.45, 7) is -0.0384. The second kappa shape index (κ2) is 13.2. The number of pyridine rings is 2. The zero-order valence-corrected chi connectivity index (χ0v) is 26.5. The van der Waals surface area contributed by atoms with Crippen molar-refractivity contribution in [3.05, 3.63) is 105 Å². The highest BCUT2D eigenvalue weighted by molar-refractivity contribution is 6.39. The smallest absolute Gasteiger partial charge is 0.407 e. The topological polar surface area (TPSA) is 143 Å². The van der Waals surface area contributed by atoms with E-state index in [4.69, 9.17) is 27.9 Å². The van der Waals surface area contributed by atoms with Crippen LogP contribution in [0.5, 0.6) is 5.88 Å². The van der Waals surface area contributed by atoms with Gasteiger partial charge in [-0.05, 0) is 36.2 Å². The molecule has 0 bridgehead atoms. The van der Waals surface area contributed by atoms with E-state index in [0.29, 0.717) is 73.9 Å². The molecule has 1 saturated heterocycles. The molecule has 11 nitrogen and oxygen atoms in total. The number of carboxylic acid groups (broad SMARTS) is 1. The van der Waals surface area contributed by atoms with Crippen molar-refractivity contribution in [2.45, 2.75) is 25.4 Å². The molecular formula is C34H27Cl2N5O6. The van der Waals surface area contributed by atoms with Crippen molar-refractivity contribution < 1.29 is 24.2 Å². The average Bonchev–Trinajstić information content (AvgIpc) is 3.48. The molecule has 2 aromatic carbocycles. The maximum atomic E-state index is 13.0. The van der Waals surface area contributed by atoms with Gasteiger partial charge in [0, 0.05) is 53.5 Å². The molecule has 0 radical (unpaired) electrons. The van der Waals surface area contributed by atoms with Gasteiger partial charge in [0.2, 0.25) is 11.8 Å². The van der Waals surface area contributed by atoms with E-state index in [9.17, 15) is 24.3 Å². The van der Waals surface area contributed by atoms with Gasteiger partial charge in [0.15, 0.2) is 6.29 Å². The number of nitrogens with one attached hydrogen (secondary N) is 1. The maximum Gasteiger partial charge on any atom is 0.407 e. The van der Waals surface area contributed by atoms with Crippen molar-refractivity contribution in [3.8, 4) is 39.4 Å². The summed E-state index contributed by atoms with van der Waals surface area (Å²) in [4.78, 5) is 58.1. The minimum absolute atomic E-state index is 0.0853. The number of nitrogens with zero attached hydrogens (tertiary/aromatic N) is 4. The molecular weight excluding hydrogens is 645 g/mol. The number of aldehydes is 1. The Morgan fingerprint density at radius 2 is 1.72 bits per heavy atom. The van der Waals surface area contributed by atoms with E-state index in [-0.39, 0.29) is 42.2 Å². The Bertz CT molecular complexity index is 2120. The monoisotopic (exact) mass is 671 g/mol. The Hall–Kier alpha value is -5.26. The van der Waals surface area contributed by atoms with E-state index in [1.807, 2.05) is 36.4 Å². The third kappa shape index (κ3) is 6.40. The number of ether oxygens (including phenoxy) is 1. The van der Waals surface area contributed by atoms with Crippen LogP contribution in [0, 0.1) is 0 Å². The zero-order valence-electron chi connectivity index (χ0n) is 24.9. The maximum absolute atomic E-state index is 13.0. The van der Waals surface area contributed by atoms with Gasteiger partial charge in [-0.25, -0.2) is 14.8 Å². The Labute approximate surface area is 278 Å². The zero-order chi connectivity index (χ0) is 33.2. The molecule has 3 aromatic heterocycles. The van der Waals surface area contributed by atoms with E-state index in [2.05, 4.69) is 15.3 Å². The third-order valence-electron chi connectivity index (χ3n) is 7.95. The molecule has 1 atom stereocenters. The molecule has 1 fully saturated rings. The number of fused-ring (bicyclic) bond motifs is 1. The fourth-order valence-electron chi connectivity index (χ4n) is 5.64. The lowest BCUT2D eigenvalue weighted by Gasteiger charge is -2.22. The molecule has 2 N–H and O–H groups in total. The first kappa shape index (κ1) is 31.7. The van der Waals surface area contributed by atoms with Crippen molar-refractivity contribution in [2.75, 3.05) is 13.7 Å². The third-order valence-corrected chi connectivity index (χ3v) is 8.77. The molecule has 4 heterocycles. The number of aromatic nitrogens is 3. The number of methoxy groups -OCH3 is 1. The van der Waals surface area contributed by atoms with Crippen molar-refractivity contribution in [3.63, 3.8) is 0 Å². The van der Waals surface area contributed by atoms with E-state index < -0.39 is 6.09 Å². The molecule has 0 spiro atoms. The standard InChI is InChI=1S/C34H27Cl2N5O6/c1-47-33-20(18-42)8-10-27(39-33)26-7-3-6-25(32(26)36)24-5-2-4-23(31(24)35)19-12-13-41-28(14-19)37-22(15-30(41)44)17-40(34(45)46)16-21-9-11-29(43)38-21/h2-8,10,12-15,18,21H,9,11,16-17H2,1H3,(H,38,43)(H,45,46)/t21-/m0/s1. The van der Waals surface area contributed by atoms with Crippen LogP contribution in [0.1, 0.15) is 28.9 Å². The number of halogens is 2. The summed E-state index contributed by atoms with van der Waals surface area (Å²) in [5.41, 5.74) is 4.31. The van der Waals surface area contributed by atoms with E-state index in [0.717, 1.165) is 4.90 Å². The summed E-state index contributed by atoms with van der Waals surface area (Å²) in [6, 6.07) is 18.8. The van der Waals surface area contributed by atoms with Gasteiger partial charge in [-0.1, -0.05) is 59.6 Å². The average molecular weight is 673 g/mol. The molecule has 1 aliphatic heterocycles. The lowest BCUT2D eigenvalue weighted by molar-refractivity contribution is -0.119. The lowest BCUT2D eigenvalue weighted by atomic mass is 9.97. The molecule has 2 amide bonds. The van der Waals surface area contributed by atoms with Crippen LogP contribution in [-0.2, 0) is 11.3 Å². The van der Waals surface area contributed by atoms with Crippen LogP contribution in [0.25, 0.3) is 39.2 Å². The molecule has 238 valence electrons. The summed E-state index contributed by atoms with van der Waals surface area (Å²) >= 11 is 14.0. The quantitative estimate of drug-likeness (QED) is 0.182. The van der Waals surface area contributed by atoms with Crippen LogP contribution in [0.15, 0.2) is 77.7 Å². The minimum atomic E-state index is -1.18. The van der Waals surface area contributed by atoms with Gasteiger partial charge in [-0.3, -0.25) is 18.8 Å². The number of carbonyl (C=O) groups is 3. The first-order valence-electron chi connectivity index (χ1n) is 14.5. The molecule has 13 heteroatoms. The summed E-state index contributed by atoms with van der Waals surface area (Å²) in [6.07, 6.45) is 1.96. The Morgan fingerprint density at radius 1 is 1.02 bits per heavy atom. The number of hydrogen-bond donors (Lipinski definition) is 2. The highest BCUT2D eigenvalue weighted by atomic mass is 35.5. The van der Waals surface area contributed by atoms with Crippen LogP contribution >= 0.6 is 23.2 Å². The summed E-state index contributed by atoms with van der Waals surface area (Å²) in [5, 5.41) is 13.4. The van der Waals surface area contributed by atoms with Crippen LogP contribution in [0.3, 0.4) is 0 Å². The van der Waals surface area contributed by atoms with Gasteiger partial charge in [0.1, 0.15) is 5.65 Å². The number of amides is 2. The molecule has 0 unspecified atom stereocenters. The summed E-state index contributed by atoms with van der Waals surface area (Å²) in [7, 11) is 1.44. The van der Waals surface area contributed by atoms with Gasteiger partial charge in [0.25, 0.3) is 5.56 Å². The van der Waals surface area contributed by atoms with Crippen molar-refractivity contribution >= 4 is 47.1 Å². The second-order valence-corrected chi connectivity index (χ2v) is 11.7. The molecule has 0 aliphatic carbocycles. The molecule has 5 aromatic rings. The number of benzene rings is 2. The molecule has 1 aliphatic rings. The Balaban J connectivity index is 1.35. The van der Waals surface area contributed by atoms with Crippen LogP contribution in [-0.4, -0.2) is 62.4 Å². The van der Waals surface area contributed by atoms with Crippen molar-refractivity contribution in [1.82, 2.24) is 24.6 Å². The molecule has 47 heavy (non-hydrogen) atoms. The van der Waals surface area contributed by atoms with Gasteiger partial charge in [0.05, 0.1) is 40.7 Å². The van der Waals surface area contributed by atoms with Gasteiger partial charge in [-0.2, -0.15) is 0 Å². The first-order valence-corrected chi connectivity index (χ1v) is 15.3. The van der Waals surface area contributed by atoms with Crippen LogP contribution in [0.2, 0.25) is 10.0 Å². The van der Waals surface area contributed by atoms with Gasteiger partial charge < -0.3 is 20.1 Å². The largest absolute Gasteiger partial charge is 0.480 e. The molecule has 0 saturated carbocycles. The number of hydrogen-bond acceptors (Lipinski definition) is 7. The predicted molar refractivity (Wildman–Crippen MR) is 177 cm³/mol. The van der Waals surface area contributed by atoms with Crippen LogP contribution in [0.4, 0.5) is 4.79 Å². The SMILES string of the molecule is COc1nc(-c2cccc(-c3cccc(-c4ccn5c(=O)cc(CN(C[C@@H]6CCC(=O)N6)C(=O)O)nc5c4)c3Cl)c2Cl)ccc1C=O. The summed E-state index contributed by atoms with van der Waals surface area (Å²) in [5.74, 6) is 0.0693. The van der Waals surface area contributed by atoms with E-state index in [1.54, 1.807) is 30.5 Å². The second-order valence-electron chi connectivity index (χ2n) is 10.9. The fourth-order valence-corrected chi connectivity index (χ4v) is 6.30. The highest BCUT2D eigenvalue weighted by Crippen LogP contribution is 2.42. The predicted octanol–water partition coefficient (Wildman–Crippen LogP) is 5.98. The van der Waals surface area contributed by atoms with E-state index in [1.165, 1.54) is 17.6 Å². The van der Waals surface area contributed by atoms with Crippen molar-refractivity contribution in [2.24, 2.45) is 0 Å². The number of carbonyl (C=O) groups excluding carboxylic acids is 2. The highest BCUT2D eigenvalue weighted by Gasteiger charge is 2.26. The van der Waals surface area contributed by atoms with Gasteiger partial charge in [-0.15, -0.1) is 0 Å². The number of rotatable bonds is 9. The fraction of sp³-hybridized carbons (Fsp3) is 0.176. The normalized spacial score (nSPS) is 14.2. The van der Waals surface area contributed by atoms with Crippen molar-refractivity contribution in [1.29, 1.82) is 0 Å².